The Morgan fingerprint density at radius 2 is 1.79 bits per heavy atom. The monoisotopic (exact) mass is 278 g/mol. The van der Waals surface area contributed by atoms with Crippen LogP contribution in [0.15, 0.2) is 30.5 Å². The molecule has 19 heavy (non-hydrogen) atoms. The van der Waals surface area contributed by atoms with Crippen molar-refractivity contribution in [3.63, 3.8) is 0 Å². The second-order valence-electron chi connectivity index (χ2n) is 5.81. The largest absolute Gasteiger partial charge is 0.384 e. The van der Waals surface area contributed by atoms with Gasteiger partial charge < -0.3 is 5.11 Å². The summed E-state index contributed by atoms with van der Waals surface area (Å²) < 4.78 is 1.75. The molecule has 3 nitrogen and oxygen atoms in total. The molecule has 2 rings (SSSR count). The lowest BCUT2D eigenvalue weighted by molar-refractivity contribution is 0.217. The van der Waals surface area contributed by atoms with E-state index in [1.54, 1.807) is 16.8 Å². The molecule has 0 spiro atoms. The number of halogens is 1. The summed E-state index contributed by atoms with van der Waals surface area (Å²) in [7, 11) is 1.87. The fraction of sp³-hybridized carbons (Fsp3) is 0.400. The number of aromatic nitrogens is 2. The fourth-order valence-electron chi connectivity index (χ4n) is 2.11. The van der Waals surface area contributed by atoms with E-state index in [9.17, 15) is 5.11 Å². The summed E-state index contributed by atoms with van der Waals surface area (Å²) in [6.45, 7) is 6.27. The molecule has 0 saturated carbocycles. The van der Waals surface area contributed by atoms with E-state index in [1.165, 1.54) is 0 Å². The summed E-state index contributed by atoms with van der Waals surface area (Å²) in [6, 6.07) is 7.25. The fourth-order valence-corrected chi connectivity index (χ4v) is 2.24. The molecule has 0 radical (unpaired) electrons. The zero-order chi connectivity index (χ0) is 14.2. The molecular weight excluding hydrogens is 260 g/mol. The molecule has 1 unspecified atom stereocenters. The van der Waals surface area contributed by atoms with Gasteiger partial charge in [-0.1, -0.05) is 44.5 Å². The van der Waals surface area contributed by atoms with Crippen LogP contribution in [0.1, 0.15) is 43.7 Å². The lowest BCUT2D eigenvalue weighted by Gasteiger charge is -2.20. The van der Waals surface area contributed by atoms with Crippen LogP contribution in [0.4, 0.5) is 0 Å². The smallest absolute Gasteiger partial charge is 0.107 e. The zero-order valence-corrected chi connectivity index (χ0v) is 12.4. The predicted molar refractivity (Wildman–Crippen MR) is 77.4 cm³/mol. The van der Waals surface area contributed by atoms with Gasteiger partial charge in [0.25, 0.3) is 0 Å². The maximum Gasteiger partial charge on any atom is 0.107 e. The number of aryl methyl sites for hydroxylation is 1. The third kappa shape index (κ3) is 2.99. The number of hydrogen-bond acceptors (Lipinski definition) is 2. The average Bonchev–Trinajstić information content (AvgIpc) is 2.71. The molecule has 0 fully saturated rings. The van der Waals surface area contributed by atoms with Gasteiger partial charge in [0.2, 0.25) is 0 Å². The Balaban J connectivity index is 2.44. The third-order valence-corrected chi connectivity index (χ3v) is 3.30. The van der Waals surface area contributed by atoms with Crippen molar-refractivity contribution >= 4 is 11.6 Å². The molecule has 1 N–H and O–H groups in total. The summed E-state index contributed by atoms with van der Waals surface area (Å²) in [5, 5.41) is 15.7. The van der Waals surface area contributed by atoms with Gasteiger partial charge >= 0.3 is 0 Å². The first kappa shape index (κ1) is 14.1. The summed E-state index contributed by atoms with van der Waals surface area (Å²) in [5.74, 6) is 0. The minimum atomic E-state index is -0.680. The van der Waals surface area contributed by atoms with Crippen LogP contribution < -0.4 is 0 Å². The molecule has 0 aliphatic rings. The van der Waals surface area contributed by atoms with Crippen LogP contribution in [0, 0.1) is 0 Å². The van der Waals surface area contributed by atoms with E-state index in [4.69, 9.17) is 11.6 Å². The Morgan fingerprint density at radius 3 is 2.32 bits per heavy atom. The maximum absolute atomic E-state index is 10.5. The van der Waals surface area contributed by atoms with Gasteiger partial charge in [-0.15, -0.1) is 0 Å². The average molecular weight is 279 g/mol. The molecule has 0 amide bonds. The van der Waals surface area contributed by atoms with E-state index in [2.05, 4.69) is 25.9 Å². The molecule has 1 aromatic carbocycles. The van der Waals surface area contributed by atoms with Crippen molar-refractivity contribution in [2.24, 2.45) is 7.05 Å². The normalized spacial score (nSPS) is 13.6. The Hall–Kier alpha value is -1.32. The minimum absolute atomic E-state index is 0.107. The molecule has 1 atom stereocenters. The Bertz CT molecular complexity index is 567. The second-order valence-corrected chi connectivity index (χ2v) is 6.25. The zero-order valence-electron chi connectivity index (χ0n) is 11.7. The van der Waals surface area contributed by atoms with E-state index in [1.807, 2.05) is 25.4 Å². The van der Waals surface area contributed by atoms with E-state index in [0.29, 0.717) is 5.02 Å². The molecule has 1 aromatic heterocycles. The first-order chi connectivity index (χ1) is 8.79. The highest BCUT2D eigenvalue weighted by Crippen LogP contribution is 2.31. The van der Waals surface area contributed by atoms with Crippen molar-refractivity contribution in [2.45, 2.75) is 32.3 Å². The first-order valence-electron chi connectivity index (χ1n) is 6.26. The number of rotatable bonds is 2. The van der Waals surface area contributed by atoms with Gasteiger partial charge in [-0.2, -0.15) is 5.10 Å². The minimum Gasteiger partial charge on any atom is -0.384 e. The lowest BCUT2D eigenvalue weighted by Crippen LogP contribution is -2.16. The SMILES string of the molecule is Cn1cc(C(O)c2ccc(Cl)cc2)c(C(C)(C)C)n1. The highest BCUT2D eigenvalue weighted by atomic mass is 35.5. The highest BCUT2D eigenvalue weighted by Gasteiger charge is 2.26. The molecule has 102 valence electrons. The van der Waals surface area contributed by atoms with Crippen LogP contribution in [0.2, 0.25) is 5.02 Å². The van der Waals surface area contributed by atoms with Gasteiger partial charge in [0.1, 0.15) is 6.10 Å². The molecule has 4 heteroatoms. The summed E-state index contributed by atoms with van der Waals surface area (Å²) >= 11 is 5.87. The van der Waals surface area contributed by atoms with Gasteiger partial charge in [0, 0.05) is 29.2 Å². The first-order valence-corrected chi connectivity index (χ1v) is 6.64. The Kier molecular flexibility index (Phi) is 3.70. The van der Waals surface area contributed by atoms with Crippen LogP contribution in [0.3, 0.4) is 0 Å². The lowest BCUT2D eigenvalue weighted by atomic mass is 9.87. The molecular formula is C15H19ClN2O. The van der Waals surface area contributed by atoms with Crippen LogP contribution in [-0.4, -0.2) is 14.9 Å². The standard InChI is InChI=1S/C15H19ClN2O/c1-15(2,3)14-12(9-18(4)17-14)13(19)10-5-7-11(16)8-6-10/h5-9,13,19H,1-4H3. The molecule has 1 heterocycles. The molecule has 0 aliphatic heterocycles. The van der Waals surface area contributed by atoms with Gasteiger partial charge in [-0.05, 0) is 17.7 Å². The molecule has 0 saturated heterocycles. The van der Waals surface area contributed by atoms with Crippen LogP contribution >= 0.6 is 11.6 Å². The number of benzene rings is 1. The van der Waals surface area contributed by atoms with Crippen molar-refractivity contribution in [3.8, 4) is 0 Å². The van der Waals surface area contributed by atoms with Crippen LogP contribution in [-0.2, 0) is 12.5 Å². The van der Waals surface area contributed by atoms with Gasteiger partial charge in [0.15, 0.2) is 0 Å². The Labute approximate surface area is 118 Å². The third-order valence-electron chi connectivity index (χ3n) is 3.05. The van der Waals surface area contributed by atoms with Crippen LogP contribution in [0.5, 0.6) is 0 Å². The summed E-state index contributed by atoms with van der Waals surface area (Å²) in [5.41, 5.74) is 2.47. The quantitative estimate of drug-likeness (QED) is 0.914. The maximum atomic E-state index is 10.5. The van der Waals surface area contributed by atoms with Crippen molar-refractivity contribution in [2.75, 3.05) is 0 Å². The van der Waals surface area contributed by atoms with Gasteiger partial charge in [0.05, 0.1) is 5.69 Å². The number of aliphatic hydroxyl groups excluding tert-OH is 1. The second kappa shape index (κ2) is 4.99. The van der Waals surface area contributed by atoms with E-state index < -0.39 is 6.10 Å². The van der Waals surface area contributed by atoms with E-state index in [0.717, 1.165) is 16.8 Å². The molecule has 2 aromatic rings. The molecule has 0 aliphatic carbocycles. The highest BCUT2D eigenvalue weighted by molar-refractivity contribution is 6.30. The van der Waals surface area contributed by atoms with E-state index >= 15 is 0 Å². The van der Waals surface area contributed by atoms with Crippen molar-refractivity contribution < 1.29 is 5.11 Å². The number of hydrogen-bond donors (Lipinski definition) is 1. The summed E-state index contributed by atoms with van der Waals surface area (Å²) in [6.07, 6.45) is 1.19. The van der Waals surface area contributed by atoms with Crippen molar-refractivity contribution in [1.82, 2.24) is 9.78 Å². The summed E-state index contributed by atoms with van der Waals surface area (Å²) in [4.78, 5) is 0. The number of nitrogens with zero attached hydrogens (tertiary/aromatic N) is 2. The Morgan fingerprint density at radius 1 is 1.21 bits per heavy atom. The van der Waals surface area contributed by atoms with Crippen molar-refractivity contribution in [3.05, 3.63) is 52.3 Å². The molecule has 0 bridgehead atoms. The number of aliphatic hydroxyl groups is 1. The van der Waals surface area contributed by atoms with Gasteiger partial charge in [-0.3, -0.25) is 4.68 Å². The predicted octanol–water partition coefficient (Wildman–Crippen LogP) is 3.45. The van der Waals surface area contributed by atoms with E-state index in [-0.39, 0.29) is 5.41 Å². The van der Waals surface area contributed by atoms with Gasteiger partial charge in [-0.25, -0.2) is 0 Å². The van der Waals surface area contributed by atoms with Crippen molar-refractivity contribution in [1.29, 1.82) is 0 Å². The van der Waals surface area contributed by atoms with Crippen LogP contribution in [0.25, 0.3) is 0 Å². The topological polar surface area (TPSA) is 38.0 Å².